The van der Waals surface area contributed by atoms with Crippen molar-refractivity contribution in [3.63, 3.8) is 0 Å². The summed E-state index contributed by atoms with van der Waals surface area (Å²) >= 11 is 0. The van der Waals surface area contributed by atoms with Crippen LogP contribution in [-0.2, 0) is 9.53 Å². The van der Waals surface area contributed by atoms with Crippen molar-refractivity contribution in [1.29, 1.82) is 0 Å². The SMILES string of the molecule is Cc1ccc(NC(=O)C2CCC(CN)O2)cc1C(=O)O. The molecule has 6 nitrogen and oxygen atoms in total. The number of aryl methyl sites for hydroxylation is 1. The Morgan fingerprint density at radius 3 is 2.80 bits per heavy atom. The van der Waals surface area contributed by atoms with E-state index < -0.39 is 12.1 Å². The second-order valence-electron chi connectivity index (χ2n) is 4.88. The van der Waals surface area contributed by atoms with Gasteiger partial charge in [0.25, 0.3) is 5.91 Å². The minimum Gasteiger partial charge on any atom is -0.478 e. The molecule has 6 heteroatoms. The van der Waals surface area contributed by atoms with Crippen LogP contribution in [-0.4, -0.2) is 35.7 Å². The van der Waals surface area contributed by atoms with E-state index in [0.29, 0.717) is 24.2 Å². The third-order valence-electron chi connectivity index (χ3n) is 3.40. The average Bonchev–Trinajstić information content (AvgIpc) is 2.89. The van der Waals surface area contributed by atoms with Crippen LogP contribution in [0, 0.1) is 6.92 Å². The molecule has 4 N–H and O–H groups in total. The maximum absolute atomic E-state index is 12.0. The fourth-order valence-corrected chi connectivity index (χ4v) is 2.22. The molecule has 0 aliphatic carbocycles. The molecule has 0 aromatic heterocycles. The first-order chi connectivity index (χ1) is 9.51. The molecule has 1 aromatic rings. The molecule has 1 heterocycles. The second kappa shape index (κ2) is 6.02. The number of nitrogens with two attached hydrogens (primary N) is 1. The van der Waals surface area contributed by atoms with Gasteiger partial charge < -0.3 is 20.9 Å². The van der Waals surface area contributed by atoms with E-state index in [9.17, 15) is 9.59 Å². The van der Waals surface area contributed by atoms with Crippen LogP contribution in [0.1, 0.15) is 28.8 Å². The lowest BCUT2D eigenvalue weighted by Crippen LogP contribution is -2.29. The van der Waals surface area contributed by atoms with Gasteiger partial charge in [-0.2, -0.15) is 0 Å². The van der Waals surface area contributed by atoms with Crippen LogP contribution >= 0.6 is 0 Å². The molecule has 2 atom stereocenters. The molecule has 108 valence electrons. The Bertz CT molecular complexity index is 530. The van der Waals surface area contributed by atoms with Gasteiger partial charge in [0.1, 0.15) is 6.10 Å². The highest BCUT2D eigenvalue weighted by atomic mass is 16.5. The number of anilines is 1. The summed E-state index contributed by atoms with van der Waals surface area (Å²) in [6.45, 7) is 2.11. The van der Waals surface area contributed by atoms with Crippen LogP contribution < -0.4 is 11.1 Å². The number of ether oxygens (including phenoxy) is 1. The van der Waals surface area contributed by atoms with Crippen LogP contribution in [0.5, 0.6) is 0 Å². The van der Waals surface area contributed by atoms with E-state index in [0.717, 1.165) is 6.42 Å². The van der Waals surface area contributed by atoms with Crippen LogP contribution in [0.15, 0.2) is 18.2 Å². The Kier molecular flexibility index (Phi) is 4.36. The molecule has 2 rings (SSSR count). The van der Waals surface area contributed by atoms with Crippen LogP contribution in [0.2, 0.25) is 0 Å². The Hall–Kier alpha value is -1.92. The summed E-state index contributed by atoms with van der Waals surface area (Å²) in [5, 5.41) is 11.7. The number of carbonyl (C=O) groups excluding carboxylic acids is 1. The topological polar surface area (TPSA) is 102 Å². The summed E-state index contributed by atoms with van der Waals surface area (Å²) in [7, 11) is 0. The van der Waals surface area contributed by atoms with Crippen molar-refractivity contribution in [2.75, 3.05) is 11.9 Å². The van der Waals surface area contributed by atoms with E-state index in [1.807, 2.05) is 0 Å². The molecule has 0 spiro atoms. The lowest BCUT2D eigenvalue weighted by atomic mass is 10.1. The molecule has 20 heavy (non-hydrogen) atoms. The van der Waals surface area contributed by atoms with E-state index in [1.54, 1.807) is 19.1 Å². The summed E-state index contributed by atoms with van der Waals surface area (Å²) in [6.07, 6.45) is 0.810. The number of amides is 1. The minimum atomic E-state index is -1.01. The number of rotatable bonds is 4. The maximum atomic E-state index is 12.0. The summed E-state index contributed by atoms with van der Waals surface area (Å²) < 4.78 is 5.49. The van der Waals surface area contributed by atoms with Crippen LogP contribution in [0.3, 0.4) is 0 Å². The van der Waals surface area contributed by atoms with Gasteiger partial charge >= 0.3 is 5.97 Å². The fraction of sp³-hybridized carbons (Fsp3) is 0.429. The van der Waals surface area contributed by atoms with Crippen molar-refractivity contribution in [2.45, 2.75) is 32.0 Å². The van der Waals surface area contributed by atoms with Crippen molar-refractivity contribution >= 4 is 17.6 Å². The minimum absolute atomic E-state index is 0.0710. The highest BCUT2D eigenvalue weighted by molar-refractivity contribution is 5.96. The highest BCUT2D eigenvalue weighted by Gasteiger charge is 2.29. The van der Waals surface area contributed by atoms with Crippen molar-refractivity contribution in [3.8, 4) is 0 Å². The highest BCUT2D eigenvalue weighted by Crippen LogP contribution is 2.21. The van der Waals surface area contributed by atoms with Gasteiger partial charge in [-0.1, -0.05) is 6.07 Å². The van der Waals surface area contributed by atoms with Crippen LogP contribution in [0.4, 0.5) is 5.69 Å². The first-order valence-corrected chi connectivity index (χ1v) is 6.51. The Morgan fingerprint density at radius 2 is 2.20 bits per heavy atom. The van der Waals surface area contributed by atoms with E-state index in [-0.39, 0.29) is 17.6 Å². The standard InChI is InChI=1S/C14H18N2O4/c1-8-2-3-9(6-11(8)14(18)19)16-13(17)12-5-4-10(7-15)20-12/h2-3,6,10,12H,4-5,7,15H2,1H3,(H,16,17)(H,18,19). The van der Waals surface area contributed by atoms with Gasteiger partial charge in [-0.15, -0.1) is 0 Å². The Morgan fingerprint density at radius 1 is 1.45 bits per heavy atom. The molecule has 0 radical (unpaired) electrons. The molecule has 1 saturated heterocycles. The van der Waals surface area contributed by atoms with E-state index in [2.05, 4.69) is 5.32 Å². The van der Waals surface area contributed by atoms with Gasteiger partial charge in [-0.25, -0.2) is 4.79 Å². The number of carboxylic acid groups (broad SMARTS) is 1. The summed E-state index contributed by atoms with van der Waals surface area (Å²) in [6, 6.07) is 4.79. The van der Waals surface area contributed by atoms with Gasteiger partial charge in [-0.3, -0.25) is 4.79 Å². The molecule has 1 fully saturated rings. The van der Waals surface area contributed by atoms with E-state index in [1.165, 1.54) is 6.07 Å². The zero-order chi connectivity index (χ0) is 14.7. The van der Waals surface area contributed by atoms with Crippen LogP contribution in [0.25, 0.3) is 0 Å². The Balaban J connectivity index is 2.05. The number of benzene rings is 1. The van der Waals surface area contributed by atoms with Gasteiger partial charge in [0.15, 0.2) is 0 Å². The first-order valence-electron chi connectivity index (χ1n) is 6.51. The third kappa shape index (κ3) is 3.15. The molecule has 1 aliphatic rings. The number of carboxylic acids is 1. The monoisotopic (exact) mass is 278 g/mol. The largest absolute Gasteiger partial charge is 0.478 e. The molecule has 1 amide bonds. The summed E-state index contributed by atoms with van der Waals surface area (Å²) in [5.41, 5.74) is 6.78. The van der Waals surface area contributed by atoms with Crippen molar-refractivity contribution in [3.05, 3.63) is 29.3 Å². The molecule has 0 bridgehead atoms. The molecule has 1 aromatic carbocycles. The quantitative estimate of drug-likeness (QED) is 0.766. The number of carbonyl (C=O) groups is 2. The molecule has 0 saturated carbocycles. The van der Waals surface area contributed by atoms with Gasteiger partial charge in [-0.05, 0) is 37.5 Å². The summed E-state index contributed by atoms with van der Waals surface area (Å²) in [5.74, 6) is -1.28. The zero-order valence-electron chi connectivity index (χ0n) is 11.3. The lowest BCUT2D eigenvalue weighted by Gasteiger charge is -2.13. The molecular weight excluding hydrogens is 260 g/mol. The van der Waals surface area contributed by atoms with E-state index >= 15 is 0 Å². The van der Waals surface area contributed by atoms with Gasteiger partial charge in [0, 0.05) is 12.2 Å². The predicted molar refractivity (Wildman–Crippen MR) is 73.7 cm³/mol. The normalized spacial score (nSPS) is 21.7. The number of hydrogen-bond donors (Lipinski definition) is 3. The Labute approximate surface area is 116 Å². The van der Waals surface area contributed by atoms with Crippen molar-refractivity contribution in [1.82, 2.24) is 0 Å². The maximum Gasteiger partial charge on any atom is 0.336 e. The third-order valence-corrected chi connectivity index (χ3v) is 3.40. The number of aromatic carboxylic acids is 1. The van der Waals surface area contributed by atoms with Crippen molar-refractivity contribution in [2.24, 2.45) is 5.73 Å². The van der Waals surface area contributed by atoms with E-state index in [4.69, 9.17) is 15.6 Å². The smallest absolute Gasteiger partial charge is 0.336 e. The number of nitrogens with one attached hydrogen (secondary N) is 1. The fourth-order valence-electron chi connectivity index (χ4n) is 2.22. The van der Waals surface area contributed by atoms with Gasteiger partial charge in [0.2, 0.25) is 0 Å². The van der Waals surface area contributed by atoms with Crippen molar-refractivity contribution < 1.29 is 19.4 Å². The molecule has 1 aliphatic heterocycles. The average molecular weight is 278 g/mol. The lowest BCUT2D eigenvalue weighted by molar-refractivity contribution is -0.126. The number of hydrogen-bond acceptors (Lipinski definition) is 4. The first kappa shape index (κ1) is 14.5. The van der Waals surface area contributed by atoms with Gasteiger partial charge in [0.05, 0.1) is 11.7 Å². The predicted octanol–water partition coefficient (Wildman–Crippen LogP) is 1.14. The summed E-state index contributed by atoms with van der Waals surface area (Å²) in [4.78, 5) is 23.1. The molecular formula is C14H18N2O4. The molecule has 2 unspecified atom stereocenters. The second-order valence-corrected chi connectivity index (χ2v) is 4.88. The zero-order valence-corrected chi connectivity index (χ0v) is 11.3.